The molecule has 2 N–H and O–H groups in total. The standard InChI is InChI=1S/C20H30N6S.HI/c1-4-17-14-23-19(27-17)8-11-22-20(21-3)25-16-9-12-26(13-10-16)18-7-5-6-15(2)24-18;/h5-7,14,16H,4,8-13H2,1-3H3,(H2,21,22,25);1H. The van der Waals surface area contributed by atoms with Crippen LogP contribution in [0.4, 0.5) is 5.82 Å². The molecule has 0 unspecified atom stereocenters. The van der Waals surface area contributed by atoms with E-state index in [4.69, 9.17) is 0 Å². The Hall–Kier alpha value is -1.42. The van der Waals surface area contributed by atoms with Crippen molar-refractivity contribution in [3.05, 3.63) is 40.0 Å². The lowest BCUT2D eigenvalue weighted by atomic mass is 10.1. The lowest BCUT2D eigenvalue weighted by molar-refractivity contribution is 0.459. The summed E-state index contributed by atoms with van der Waals surface area (Å²) in [6, 6.07) is 6.68. The molecule has 154 valence electrons. The lowest BCUT2D eigenvalue weighted by Gasteiger charge is -2.34. The maximum atomic E-state index is 4.64. The number of pyridine rings is 1. The number of aryl methyl sites for hydroxylation is 2. The molecular formula is C20H31IN6S. The summed E-state index contributed by atoms with van der Waals surface area (Å²) in [6.07, 6.45) is 6.16. The molecule has 3 rings (SSSR count). The van der Waals surface area contributed by atoms with E-state index in [1.54, 1.807) is 11.3 Å². The van der Waals surface area contributed by atoms with Crippen LogP contribution in [0.15, 0.2) is 29.4 Å². The number of halogens is 1. The van der Waals surface area contributed by atoms with E-state index in [1.807, 2.05) is 26.2 Å². The minimum absolute atomic E-state index is 0. The zero-order valence-corrected chi connectivity index (χ0v) is 20.1. The third kappa shape index (κ3) is 6.58. The molecule has 1 saturated heterocycles. The Morgan fingerprint density at radius 3 is 2.75 bits per heavy atom. The molecule has 1 aliphatic rings. The molecule has 0 saturated carbocycles. The van der Waals surface area contributed by atoms with Gasteiger partial charge in [0.2, 0.25) is 0 Å². The maximum Gasteiger partial charge on any atom is 0.191 e. The first-order valence-corrected chi connectivity index (χ1v) is 10.6. The van der Waals surface area contributed by atoms with Crippen LogP contribution in [0.1, 0.15) is 35.3 Å². The Balaban J connectivity index is 0.00000280. The Morgan fingerprint density at radius 2 is 2.11 bits per heavy atom. The van der Waals surface area contributed by atoms with Gasteiger partial charge in [0.15, 0.2) is 5.96 Å². The minimum atomic E-state index is 0. The van der Waals surface area contributed by atoms with Gasteiger partial charge in [-0.25, -0.2) is 9.97 Å². The van der Waals surface area contributed by atoms with Gasteiger partial charge in [-0.2, -0.15) is 0 Å². The molecule has 0 atom stereocenters. The topological polar surface area (TPSA) is 65.4 Å². The molecule has 0 aromatic carbocycles. The Labute approximate surface area is 189 Å². The Morgan fingerprint density at radius 1 is 1.32 bits per heavy atom. The van der Waals surface area contributed by atoms with E-state index in [0.29, 0.717) is 6.04 Å². The average molecular weight is 514 g/mol. The summed E-state index contributed by atoms with van der Waals surface area (Å²) in [5.41, 5.74) is 1.07. The van der Waals surface area contributed by atoms with Gasteiger partial charge in [-0.05, 0) is 38.3 Å². The number of hydrogen-bond donors (Lipinski definition) is 2. The monoisotopic (exact) mass is 514 g/mol. The minimum Gasteiger partial charge on any atom is -0.356 e. The zero-order chi connectivity index (χ0) is 19.1. The largest absolute Gasteiger partial charge is 0.356 e. The van der Waals surface area contributed by atoms with E-state index in [0.717, 1.165) is 62.8 Å². The number of nitrogens with zero attached hydrogens (tertiary/aromatic N) is 4. The van der Waals surface area contributed by atoms with Crippen LogP contribution in [0.2, 0.25) is 0 Å². The van der Waals surface area contributed by atoms with Crippen LogP contribution in [-0.2, 0) is 12.8 Å². The van der Waals surface area contributed by atoms with E-state index in [2.05, 4.69) is 49.6 Å². The highest BCUT2D eigenvalue weighted by Crippen LogP contribution is 2.18. The molecule has 0 aliphatic carbocycles. The quantitative estimate of drug-likeness (QED) is 0.352. The van der Waals surface area contributed by atoms with Crippen molar-refractivity contribution in [1.29, 1.82) is 0 Å². The van der Waals surface area contributed by atoms with Crippen molar-refractivity contribution in [2.24, 2.45) is 4.99 Å². The highest BCUT2D eigenvalue weighted by molar-refractivity contribution is 14.0. The van der Waals surface area contributed by atoms with Crippen molar-refractivity contribution in [2.75, 3.05) is 31.6 Å². The fourth-order valence-corrected chi connectivity index (χ4v) is 4.12. The second kappa shape index (κ2) is 11.5. The molecule has 2 aromatic heterocycles. The van der Waals surface area contributed by atoms with Crippen LogP contribution in [0.5, 0.6) is 0 Å². The molecule has 0 bridgehead atoms. The van der Waals surface area contributed by atoms with Crippen LogP contribution in [0.25, 0.3) is 0 Å². The molecule has 1 aliphatic heterocycles. The van der Waals surface area contributed by atoms with Crippen molar-refractivity contribution in [3.63, 3.8) is 0 Å². The first-order chi connectivity index (χ1) is 13.2. The predicted molar refractivity (Wildman–Crippen MR) is 129 cm³/mol. The van der Waals surface area contributed by atoms with Crippen molar-refractivity contribution in [1.82, 2.24) is 20.6 Å². The molecule has 8 heteroatoms. The van der Waals surface area contributed by atoms with Crippen molar-refractivity contribution in [2.45, 2.75) is 45.6 Å². The second-order valence-corrected chi connectivity index (χ2v) is 8.07. The fourth-order valence-electron chi connectivity index (χ4n) is 3.26. The van der Waals surface area contributed by atoms with Crippen molar-refractivity contribution < 1.29 is 0 Å². The van der Waals surface area contributed by atoms with E-state index in [9.17, 15) is 0 Å². The molecule has 0 amide bonds. The molecule has 2 aromatic rings. The summed E-state index contributed by atoms with van der Waals surface area (Å²) < 4.78 is 0. The normalized spacial score (nSPS) is 15.2. The van der Waals surface area contributed by atoms with Gasteiger partial charge in [0, 0.05) is 55.9 Å². The summed E-state index contributed by atoms with van der Waals surface area (Å²) in [5.74, 6) is 1.97. The van der Waals surface area contributed by atoms with Crippen LogP contribution in [0.3, 0.4) is 0 Å². The van der Waals surface area contributed by atoms with Crippen LogP contribution in [0, 0.1) is 6.92 Å². The number of hydrogen-bond acceptors (Lipinski definition) is 5. The number of piperidine rings is 1. The Kier molecular flexibility index (Phi) is 9.43. The van der Waals surface area contributed by atoms with Gasteiger partial charge in [-0.3, -0.25) is 4.99 Å². The molecule has 6 nitrogen and oxygen atoms in total. The van der Waals surface area contributed by atoms with Crippen LogP contribution < -0.4 is 15.5 Å². The van der Waals surface area contributed by atoms with Crippen molar-refractivity contribution in [3.8, 4) is 0 Å². The molecular weight excluding hydrogens is 483 g/mol. The maximum absolute atomic E-state index is 4.64. The second-order valence-electron chi connectivity index (χ2n) is 6.87. The van der Waals surface area contributed by atoms with Crippen LogP contribution in [-0.4, -0.2) is 48.7 Å². The number of thiazole rings is 1. The SMILES string of the molecule is CCc1cnc(CCNC(=NC)NC2CCN(c3cccc(C)n3)CC2)s1.I. The number of anilines is 1. The predicted octanol–water partition coefficient (Wildman–Crippen LogP) is 3.40. The first kappa shape index (κ1) is 22.9. The first-order valence-electron chi connectivity index (χ1n) is 9.77. The number of rotatable bonds is 6. The van der Waals surface area contributed by atoms with Gasteiger partial charge < -0.3 is 15.5 Å². The van der Waals surface area contributed by atoms with E-state index in [1.165, 1.54) is 9.88 Å². The highest BCUT2D eigenvalue weighted by Gasteiger charge is 2.20. The van der Waals surface area contributed by atoms with Gasteiger partial charge in [0.25, 0.3) is 0 Å². The van der Waals surface area contributed by atoms with Gasteiger partial charge in [0.05, 0.1) is 5.01 Å². The molecule has 3 heterocycles. The number of nitrogens with one attached hydrogen (secondary N) is 2. The van der Waals surface area contributed by atoms with E-state index in [-0.39, 0.29) is 24.0 Å². The number of aromatic nitrogens is 2. The summed E-state index contributed by atoms with van der Waals surface area (Å²) in [5, 5.41) is 8.18. The smallest absolute Gasteiger partial charge is 0.191 e. The highest BCUT2D eigenvalue weighted by atomic mass is 127. The summed E-state index contributed by atoms with van der Waals surface area (Å²) >= 11 is 1.80. The van der Waals surface area contributed by atoms with Crippen molar-refractivity contribution >= 4 is 47.1 Å². The molecule has 0 radical (unpaired) electrons. The van der Waals surface area contributed by atoms with Crippen LogP contribution >= 0.6 is 35.3 Å². The third-order valence-electron chi connectivity index (χ3n) is 4.84. The Bertz CT molecular complexity index is 755. The third-order valence-corrected chi connectivity index (χ3v) is 6.04. The average Bonchev–Trinajstić information content (AvgIpc) is 3.16. The van der Waals surface area contributed by atoms with Gasteiger partial charge in [-0.15, -0.1) is 35.3 Å². The molecule has 1 fully saturated rings. The molecule has 28 heavy (non-hydrogen) atoms. The number of aliphatic imine (C=N–C) groups is 1. The van der Waals surface area contributed by atoms with Gasteiger partial charge in [-0.1, -0.05) is 13.0 Å². The van der Waals surface area contributed by atoms with Gasteiger partial charge >= 0.3 is 0 Å². The molecule has 0 spiro atoms. The summed E-state index contributed by atoms with van der Waals surface area (Å²) in [7, 11) is 1.83. The van der Waals surface area contributed by atoms with Gasteiger partial charge in [0.1, 0.15) is 5.82 Å². The summed E-state index contributed by atoms with van der Waals surface area (Å²) in [4.78, 5) is 17.2. The lowest BCUT2D eigenvalue weighted by Crippen LogP contribution is -2.49. The summed E-state index contributed by atoms with van der Waals surface area (Å²) in [6.45, 7) is 7.10. The fraction of sp³-hybridized carbons (Fsp3) is 0.550. The van der Waals surface area contributed by atoms with E-state index < -0.39 is 0 Å². The number of guanidine groups is 1. The van der Waals surface area contributed by atoms with E-state index >= 15 is 0 Å². The zero-order valence-electron chi connectivity index (χ0n) is 16.9.